The molecular weight excluding hydrogens is 196 g/mol. The third kappa shape index (κ3) is 7.24. The second-order valence-corrected chi connectivity index (χ2v) is 7.05. The van der Waals surface area contributed by atoms with Gasteiger partial charge in [-0.05, 0) is 59.7 Å². The van der Waals surface area contributed by atoms with Crippen LogP contribution in [0, 0.1) is 5.41 Å². The van der Waals surface area contributed by atoms with Crippen molar-refractivity contribution in [3.63, 3.8) is 0 Å². The Kier molecular flexibility index (Phi) is 5.99. The largest absolute Gasteiger partial charge is 0.312 e. The second kappa shape index (κ2) is 6.02. The second-order valence-electron chi connectivity index (χ2n) is 7.05. The van der Waals surface area contributed by atoms with Crippen molar-refractivity contribution in [1.82, 2.24) is 10.2 Å². The van der Waals surface area contributed by atoms with Crippen LogP contribution in [0.3, 0.4) is 0 Å². The predicted octanol–water partition coefficient (Wildman–Crippen LogP) is 3.13. The van der Waals surface area contributed by atoms with Gasteiger partial charge in [-0.15, -0.1) is 0 Å². The van der Waals surface area contributed by atoms with E-state index in [1.54, 1.807) is 0 Å². The van der Waals surface area contributed by atoms with Crippen LogP contribution < -0.4 is 5.32 Å². The molecule has 0 amide bonds. The Morgan fingerprint density at radius 2 is 1.56 bits per heavy atom. The van der Waals surface area contributed by atoms with Gasteiger partial charge < -0.3 is 10.2 Å². The van der Waals surface area contributed by atoms with Crippen LogP contribution in [0.4, 0.5) is 0 Å². The Balaban J connectivity index is 3.78. The maximum Gasteiger partial charge on any atom is 0.0112 e. The highest BCUT2D eigenvalue weighted by molar-refractivity contribution is 4.78. The molecule has 0 aliphatic carbocycles. The summed E-state index contributed by atoms with van der Waals surface area (Å²) in [6.45, 7) is 18.2. The van der Waals surface area contributed by atoms with E-state index in [9.17, 15) is 0 Å². The lowest BCUT2D eigenvalue weighted by Gasteiger charge is -2.35. The molecule has 0 aromatic heterocycles. The van der Waals surface area contributed by atoms with E-state index in [2.05, 4.69) is 65.7 Å². The van der Waals surface area contributed by atoms with Crippen molar-refractivity contribution in [1.29, 1.82) is 0 Å². The molecule has 0 fully saturated rings. The van der Waals surface area contributed by atoms with Crippen molar-refractivity contribution in [2.75, 3.05) is 20.1 Å². The van der Waals surface area contributed by atoms with Crippen LogP contribution in [0.2, 0.25) is 0 Å². The fourth-order valence-corrected chi connectivity index (χ4v) is 1.65. The molecule has 0 saturated heterocycles. The molecule has 0 heterocycles. The van der Waals surface area contributed by atoms with Gasteiger partial charge in [0, 0.05) is 11.6 Å². The summed E-state index contributed by atoms with van der Waals surface area (Å²) in [6.07, 6.45) is 1.22. The van der Waals surface area contributed by atoms with Gasteiger partial charge in [-0.25, -0.2) is 0 Å². The zero-order valence-electron chi connectivity index (χ0n) is 12.6. The zero-order chi connectivity index (χ0) is 13.0. The first-order chi connectivity index (χ1) is 7.04. The lowest BCUT2D eigenvalue weighted by molar-refractivity contribution is 0.139. The molecule has 16 heavy (non-hydrogen) atoms. The van der Waals surface area contributed by atoms with Gasteiger partial charge in [0.05, 0.1) is 0 Å². The molecule has 0 radical (unpaired) electrons. The van der Waals surface area contributed by atoms with Crippen LogP contribution in [0.25, 0.3) is 0 Å². The minimum Gasteiger partial charge on any atom is -0.312 e. The molecule has 0 rings (SSSR count). The summed E-state index contributed by atoms with van der Waals surface area (Å²) in [6, 6.07) is 0.627. The van der Waals surface area contributed by atoms with Crippen molar-refractivity contribution in [3.8, 4) is 0 Å². The average Bonchev–Trinajstić information content (AvgIpc) is 2.07. The Hall–Kier alpha value is -0.0800. The van der Waals surface area contributed by atoms with Crippen molar-refractivity contribution < 1.29 is 0 Å². The molecule has 2 heteroatoms. The minimum absolute atomic E-state index is 0.244. The SMILES string of the molecule is CC(N(C)CCCNC(C)(C)C)C(C)(C)C. The maximum atomic E-state index is 3.53. The van der Waals surface area contributed by atoms with Crippen molar-refractivity contribution >= 4 is 0 Å². The van der Waals surface area contributed by atoms with E-state index in [-0.39, 0.29) is 5.54 Å². The summed E-state index contributed by atoms with van der Waals surface area (Å²) in [5.41, 5.74) is 0.612. The molecule has 1 unspecified atom stereocenters. The number of rotatable bonds is 5. The summed E-state index contributed by atoms with van der Waals surface area (Å²) in [5.74, 6) is 0. The highest BCUT2D eigenvalue weighted by Gasteiger charge is 2.23. The van der Waals surface area contributed by atoms with E-state index in [1.165, 1.54) is 13.0 Å². The standard InChI is InChI=1S/C14H32N2/c1-12(13(2,3)4)16(8)11-9-10-15-14(5,6)7/h12,15H,9-11H2,1-8H3. The van der Waals surface area contributed by atoms with Crippen LogP contribution >= 0.6 is 0 Å². The Morgan fingerprint density at radius 1 is 1.06 bits per heavy atom. The van der Waals surface area contributed by atoms with Crippen molar-refractivity contribution in [2.24, 2.45) is 5.41 Å². The smallest absolute Gasteiger partial charge is 0.0112 e. The zero-order valence-corrected chi connectivity index (χ0v) is 12.6. The molecule has 0 bridgehead atoms. The van der Waals surface area contributed by atoms with Gasteiger partial charge in [0.1, 0.15) is 0 Å². The van der Waals surface area contributed by atoms with Gasteiger partial charge in [-0.3, -0.25) is 0 Å². The quantitative estimate of drug-likeness (QED) is 0.727. The summed E-state index contributed by atoms with van der Waals surface area (Å²) in [7, 11) is 2.23. The Labute approximate surface area is 103 Å². The monoisotopic (exact) mass is 228 g/mol. The van der Waals surface area contributed by atoms with Gasteiger partial charge in [0.25, 0.3) is 0 Å². The molecule has 2 nitrogen and oxygen atoms in total. The Morgan fingerprint density at radius 3 is 1.94 bits per heavy atom. The van der Waals surface area contributed by atoms with Gasteiger partial charge in [0.2, 0.25) is 0 Å². The molecule has 0 aromatic carbocycles. The lowest BCUT2D eigenvalue weighted by Crippen LogP contribution is -2.42. The number of hydrogen-bond donors (Lipinski definition) is 1. The lowest BCUT2D eigenvalue weighted by atomic mass is 9.87. The van der Waals surface area contributed by atoms with E-state index in [1.807, 2.05) is 0 Å². The van der Waals surface area contributed by atoms with E-state index in [0.29, 0.717) is 11.5 Å². The van der Waals surface area contributed by atoms with Crippen molar-refractivity contribution in [2.45, 2.75) is 66.5 Å². The third-order valence-corrected chi connectivity index (χ3v) is 3.26. The molecule has 1 N–H and O–H groups in total. The molecule has 98 valence electrons. The van der Waals surface area contributed by atoms with E-state index in [0.717, 1.165) is 6.54 Å². The van der Waals surface area contributed by atoms with E-state index in [4.69, 9.17) is 0 Å². The predicted molar refractivity (Wildman–Crippen MR) is 73.9 cm³/mol. The first-order valence-electron chi connectivity index (χ1n) is 6.49. The third-order valence-electron chi connectivity index (χ3n) is 3.26. The maximum absolute atomic E-state index is 3.53. The molecule has 0 aromatic rings. The fraction of sp³-hybridized carbons (Fsp3) is 1.00. The number of nitrogens with one attached hydrogen (secondary N) is 1. The highest BCUT2D eigenvalue weighted by atomic mass is 15.1. The number of hydrogen-bond acceptors (Lipinski definition) is 2. The first-order valence-corrected chi connectivity index (χ1v) is 6.49. The summed E-state index contributed by atoms with van der Waals surface area (Å²) in [5, 5.41) is 3.53. The average molecular weight is 228 g/mol. The van der Waals surface area contributed by atoms with Crippen LogP contribution in [0.15, 0.2) is 0 Å². The normalized spacial score (nSPS) is 15.6. The summed E-state index contributed by atoms with van der Waals surface area (Å²) >= 11 is 0. The molecule has 1 atom stereocenters. The van der Waals surface area contributed by atoms with Crippen LogP contribution in [0.1, 0.15) is 54.9 Å². The Bertz CT molecular complexity index is 186. The first kappa shape index (κ1) is 15.9. The van der Waals surface area contributed by atoms with Crippen molar-refractivity contribution in [3.05, 3.63) is 0 Å². The van der Waals surface area contributed by atoms with E-state index < -0.39 is 0 Å². The molecule has 0 spiro atoms. The molecule has 0 saturated carbocycles. The number of nitrogens with zero attached hydrogens (tertiary/aromatic N) is 1. The van der Waals surface area contributed by atoms with Gasteiger partial charge in [-0.1, -0.05) is 20.8 Å². The molecular formula is C14H32N2. The van der Waals surface area contributed by atoms with Crippen LogP contribution in [-0.2, 0) is 0 Å². The highest BCUT2D eigenvalue weighted by Crippen LogP contribution is 2.22. The van der Waals surface area contributed by atoms with Gasteiger partial charge in [0.15, 0.2) is 0 Å². The van der Waals surface area contributed by atoms with Gasteiger partial charge in [-0.2, -0.15) is 0 Å². The molecule has 0 aliphatic heterocycles. The summed E-state index contributed by atoms with van der Waals surface area (Å²) in [4.78, 5) is 2.46. The van der Waals surface area contributed by atoms with Gasteiger partial charge >= 0.3 is 0 Å². The van der Waals surface area contributed by atoms with Crippen LogP contribution in [-0.4, -0.2) is 36.6 Å². The fourth-order valence-electron chi connectivity index (χ4n) is 1.65. The van der Waals surface area contributed by atoms with Crippen LogP contribution in [0.5, 0.6) is 0 Å². The molecule has 0 aliphatic rings. The summed E-state index contributed by atoms with van der Waals surface area (Å²) < 4.78 is 0. The topological polar surface area (TPSA) is 15.3 Å². The van der Waals surface area contributed by atoms with E-state index >= 15 is 0 Å². The minimum atomic E-state index is 0.244.